The number of hydrogen-bond acceptors (Lipinski definition) is 6. The minimum Gasteiger partial charge on any atom is -0.623 e. The van der Waals surface area contributed by atoms with E-state index < -0.39 is 23.5 Å². The van der Waals surface area contributed by atoms with E-state index in [1.165, 1.54) is 18.6 Å². The van der Waals surface area contributed by atoms with Crippen LogP contribution in [0.3, 0.4) is 0 Å². The lowest BCUT2D eigenvalue weighted by Crippen LogP contribution is -2.42. The summed E-state index contributed by atoms with van der Waals surface area (Å²) < 4.78 is 0.701. The summed E-state index contributed by atoms with van der Waals surface area (Å²) in [4.78, 5) is 30.6. The molecule has 22 heavy (non-hydrogen) atoms. The van der Waals surface area contributed by atoms with Gasteiger partial charge in [-0.2, -0.15) is 12.6 Å². The van der Waals surface area contributed by atoms with E-state index in [9.17, 15) is 14.8 Å². The van der Waals surface area contributed by atoms with E-state index in [1.54, 1.807) is 20.8 Å². The van der Waals surface area contributed by atoms with Crippen molar-refractivity contribution in [3.8, 4) is 0 Å². The number of carbonyl (C=O) groups excluding carboxylic acids is 1. The van der Waals surface area contributed by atoms with E-state index in [-0.39, 0.29) is 17.1 Å². The molecule has 1 aromatic heterocycles. The summed E-state index contributed by atoms with van der Waals surface area (Å²) in [5, 5.41) is 23.0. The first-order valence-electron chi connectivity index (χ1n) is 6.43. The molecule has 1 aromatic rings. The van der Waals surface area contributed by atoms with Gasteiger partial charge in [-0.1, -0.05) is 0 Å². The fourth-order valence-corrected chi connectivity index (χ4v) is 1.53. The molecule has 0 aromatic carbocycles. The molecule has 2 N–H and O–H groups in total. The van der Waals surface area contributed by atoms with Gasteiger partial charge in [-0.25, -0.2) is 14.5 Å². The van der Waals surface area contributed by atoms with Crippen molar-refractivity contribution < 1.29 is 19.4 Å². The monoisotopic (exact) mass is 326 g/mol. The van der Waals surface area contributed by atoms with E-state index in [0.29, 0.717) is 4.74 Å². The number of carbonyl (C=O) groups is 2. The Hall–Kier alpha value is -2.16. The standard InChI is InChI=1S/C13H18N4O4S/c1-13(2,3)17(21)6-8-4-14-5-9(15-8)11(18)16-10(7-22)12(19)20/h4-6,10,22H,7H2,1-3H3,(H,16,18)(H,19,20)/b17-6+. The second kappa shape index (κ2) is 7.21. The number of carboxylic acids is 1. The molecule has 0 spiro atoms. The number of thiol groups is 1. The SMILES string of the molecule is CC(C)(C)/[N+]([O-])=C\c1cncc(C(=O)NC(CS)C(=O)O)n1. The Labute approximate surface area is 133 Å². The Balaban J connectivity index is 2.97. The normalized spacial score (nSPS) is 13.5. The number of hydroxylamine groups is 1. The smallest absolute Gasteiger partial charge is 0.327 e. The number of nitrogens with one attached hydrogen (secondary N) is 1. The quantitative estimate of drug-likeness (QED) is 0.236. The van der Waals surface area contributed by atoms with Crippen LogP contribution < -0.4 is 5.32 Å². The third kappa shape index (κ3) is 4.99. The van der Waals surface area contributed by atoms with Crippen molar-refractivity contribution in [1.29, 1.82) is 0 Å². The number of rotatable bonds is 5. The third-order valence-electron chi connectivity index (χ3n) is 2.58. The van der Waals surface area contributed by atoms with E-state index in [4.69, 9.17) is 5.11 Å². The van der Waals surface area contributed by atoms with Gasteiger partial charge in [0, 0.05) is 26.5 Å². The zero-order valence-electron chi connectivity index (χ0n) is 12.5. The van der Waals surface area contributed by atoms with Gasteiger partial charge in [0.15, 0.2) is 5.54 Å². The molecule has 1 amide bonds. The van der Waals surface area contributed by atoms with Crippen molar-refractivity contribution >= 4 is 30.7 Å². The summed E-state index contributed by atoms with van der Waals surface area (Å²) in [5.41, 5.74) is -0.528. The average molecular weight is 326 g/mol. The van der Waals surface area contributed by atoms with Crippen molar-refractivity contribution in [3.63, 3.8) is 0 Å². The fraction of sp³-hybridized carbons (Fsp3) is 0.462. The molecule has 0 saturated carbocycles. The summed E-state index contributed by atoms with van der Waals surface area (Å²) in [6, 6.07) is -1.13. The fourth-order valence-electron chi connectivity index (χ4n) is 1.28. The highest BCUT2D eigenvalue weighted by Crippen LogP contribution is 2.05. The van der Waals surface area contributed by atoms with Crippen LogP contribution in [0.2, 0.25) is 0 Å². The van der Waals surface area contributed by atoms with Crippen LogP contribution in [0.5, 0.6) is 0 Å². The minimum absolute atomic E-state index is 0.0569. The predicted octanol–water partition coefficient (Wildman–Crippen LogP) is 0.317. The summed E-state index contributed by atoms with van der Waals surface area (Å²) in [7, 11) is 0. The molecule has 0 aliphatic heterocycles. The molecule has 0 saturated heterocycles. The summed E-state index contributed by atoms with van der Waals surface area (Å²) in [6.07, 6.45) is 3.74. The van der Waals surface area contributed by atoms with Gasteiger partial charge in [0.1, 0.15) is 17.4 Å². The molecule has 0 aliphatic rings. The van der Waals surface area contributed by atoms with E-state index in [2.05, 4.69) is 27.9 Å². The van der Waals surface area contributed by atoms with Gasteiger partial charge < -0.3 is 15.6 Å². The van der Waals surface area contributed by atoms with Gasteiger partial charge in [0.25, 0.3) is 5.91 Å². The van der Waals surface area contributed by atoms with E-state index in [0.717, 1.165) is 0 Å². The largest absolute Gasteiger partial charge is 0.623 e. The maximum Gasteiger partial charge on any atom is 0.327 e. The van der Waals surface area contributed by atoms with Crippen LogP contribution >= 0.6 is 12.6 Å². The Morgan fingerprint density at radius 2 is 2.14 bits per heavy atom. The molecule has 1 atom stereocenters. The van der Waals surface area contributed by atoms with Gasteiger partial charge >= 0.3 is 5.97 Å². The van der Waals surface area contributed by atoms with Crippen LogP contribution in [0, 0.1) is 5.21 Å². The van der Waals surface area contributed by atoms with Crippen LogP contribution in [0.25, 0.3) is 0 Å². The molecule has 1 rings (SSSR count). The van der Waals surface area contributed by atoms with Crippen molar-refractivity contribution in [3.05, 3.63) is 29.0 Å². The lowest BCUT2D eigenvalue weighted by atomic mass is 10.1. The topological polar surface area (TPSA) is 118 Å². The first kappa shape index (κ1) is 17.9. The molecular weight excluding hydrogens is 308 g/mol. The van der Waals surface area contributed by atoms with Gasteiger partial charge in [-0.3, -0.25) is 9.78 Å². The number of nitrogens with zero attached hydrogens (tertiary/aromatic N) is 3. The van der Waals surface area contributed by atoms with E-state index >= 15 is 0 Å². The highest BCUT2D eigenvalue weighted by atomic mass is 32.1. The molecule has 120 valence electrons. The predicted molar refractivity (Wildman–Crippen MR) is 83.3 cm³/mol. The zero-order chi connectivity index (χ0) is 16.9. The first-order chi connectivity index (χ1) is 10.1. The Kier molecular flexibility index (Phi) is 5.86. The summed E-state index contributed by atoms with van der Waals surface area (Å²) >= 11 is 3.85. The molecule has 0 radical (unpaired) electrons. The number of hydrogen-bond donors (Lipinski definition) is 3. The van der Waals surface area contributed by atoms with Crippen LogP contribution in [-0.2, 0) is 4.79 Å². The maximum atomic E-state index is 11.9. The van der Waals surface area contributed by atoms with Crippen molar-refractivity contribution in [2.75, 3.05) is 5.75 Å². The molecule has 8 nitrogen and oxygen atoms in total. The maximum absolute atomic E-state index is 11.9. The number of amides is 1. The molecule has 0 fully saturated rings. The summed E-state index contributed by atoms with van der Waals surface area (Å²) in [6.45, 7) is 5.18. The highest BCUT2D eigenvalue weighted by Gasteiger charge is 2.21. The van der Waals surface area contributed by atoms with Crippen molar-refractivity contribution in [2.24, 2.45) is 0 Å². The Morgan fingerprint density at radius 3 is 2.64 bits per heavy atom. The first-order valence-corrected chi connectivity index (χ1v) is 7.06. The molecule has 9 heteroatoms. The number of carboxylic acid groups (broad SMARTS) is 1. The molecule has 0 bridgehead atoms. The number of aliphatic carboxylic acids is 1. The zero-order valence-corrected chi connectivity index (χ0v) is 13.4. The van der Waals surface area contributed by atoms with Crippen LogP contribution in [0.4, 0.5) is 0 Å². The van der Waals surface area contributed by atoms with Gasteiger partial charge in [0.2, 0.25) is 6.21 Å². The second-order valence-corrected chi connectivity index (χ2v) is 5.87. The molecule has 1 unspecified atom stereocenters. The Morgan fingerprint density at radius 1 is 1.50 bits per heavy atom. The average Bonchev–Trinajstić information content (AvgIpc) is 2.43. The molecule has 1 heterocycles. The van der Waals surface area contributed by atoms with Crippen molar-refractivity contribution in [2.45, 2.75) is 32.4 Å². The third-order valence-corrected chi connectivity index (χ3v) is 2.95. The van der Waals surface area contributed by atoms with Crippen LogP contribution in [0.15, 0.2) is 12.4 Å². The molecular formula is C13H18N4O4S. The van der Waals surface area contributed by atoms with Gasteiger partial charge in [0.05, 0.1) is 12.4 Å². The lowest BCUT2D eigenvalue weighted by Gasteiger charge is -2.18. The van der Waals surface area contributed by atoms with Crippen LogP contribution in [-0.4, -0.2) is 55.2 Å². The van der Waals surface area contributed by atoms with E-state index in [1.807, 2.05) is 0 Å². The second-order valence-electron chi connectivity index (χ2n) is 5.50. The highest BCUT2D eigenvalue weighted by molar-refractivity contribution is 7.80. The van der Waals surface area contributed by atoms with Crippen molar-refractivity contribution in [1.82, 2.24) is 15.3 Å². The molecule has 0 aliphatic carbocycles. The Bertz CT molecular complexity index is 598. The van der Waals surface area contributed by atoms with Gasteiger partial charge in [-0.15, -0.1) is 0 Å². The van der Waals surface area contributed by atoms with Crippen LogP contribution in [0.1, 0.15) is 37.0 Å². The lowest BCUT2D eigenvalue weighted by molar-refractivity contribution is -0.530. The minimum atomic E-state index is -1.20. The van der Waals surface area contributed by atoms with Gasteiger partial charge in [-0.05, 0) is 0 Å². The number of aromatic nitrogens is 2. The summed E-state index contributed by atoms with van der Waals surface area (Å²) in [5.74, 6) is -1.95.